The van der Waals surface area contributed by atoms with Gasteiger partial charge in [0.1, 0.15) is 10.2 Å². The van der Waals surface area contributed by atoms with Gasteiger partial charge >= 0.3 is 6.18 Å². The molecule has 2 N–H and O–H groups in total. The summed E-state index contributed by atoms with van der Waals surface area (Å²) in [6, 6.07) is 7.44. The van der Waals surface area contributed by atoms with Crippen molar-refractivity contribution in [1.29, 1.82) is 0 Å². The van der Waals surface area contributed by atoms with E-state index in [4.69, 9.17) is 23.2 Å². The molecule has 4 nitrogen and oxygen atoms in total. The predicted octanol–water partition coefficient (Wildman–Crippen LogP) is 5.62. The van der Waals surface area contributed by atoms with Gasteiger partial charge in [0.2, 0.25) is 5.91 Å². The van der Waals surface area contributed by atoms with Crippen LogP contribution in [0.4, 0.5) is 28.9 Å². The third-order valence-corrected chi connectivity index (χ3v) is 5.80. The zero-order valence-corrected chi connectivity index (χ0v) is 16.3. The number of hydrogen-bond donors (Lipinski definition) is 2. The Morgan fingerprint density at radius 2 is 1.62 bits per heavy atom. The summed E-state index contributed by atoms with van der Waals surface area (Å²) in [4.78, 5) is 24.5. The monoisotopic (exact) mass is 448 g/mol. The van der Waals surface area contributed by atoms with E-state index in [1.54, 1.807) is 0 Å². The van der Waals surface area contributed by atoms with Crippen LogP contribution < -0.4 is 10.6 Å². The first-order valence-corrected chi connectivity index (χ1v) is 9.06. The normalized spacial score (nSPS) is 20.1. The average molecular weight is 449 g/mol. The Bertz CT molecular complexity index is 977. The SMILES string of the molecule is CC1(C(=O)Nc2ccc(NC(=O)c3ccc(F)cc3)cc2C(F)(F)F)CC1(Cl)Cl. The molecule has 29 heavy (non-hydrogen) atoms. The number of nitrogens with one attached hydrogen (secondary N) is 2. The molecule has 0 spiro atoms. The minimum absolute atomic E-state index is 0.0690. The van der Waals surface area contributed by atoms with E-state index in [-0.39, 0.29) is 17.7 Å². The number of carbonyl (C=O) groups excluding carboxylic acids is 2. The van der Waals surface area contributed by atoms with E-state index in [0.29, 0.717) is 6.07 Å². The Kier molecular flexibility index (Phi) is 5.29. The Morgan fingerprint density at radius 3 is 2.14 bits per heavy atom. The molecule has 1 saturated carbocycles. The van der Waals surface area contributed by atoms with Crippen molar-refractivity contribution in [2.45, 2.75) is 23.9 Å². The van der Waals surface area contributed by atoms with E-state index in [2.05, 4.69) is 10.6 Å². The fourth-order valence-corrected chi connectivity index (χ4v) is 3.38. The van der Waals surface area contributed by atoms with Crippen LogP contribution >= 0.6 is 23.2 Å². The predicted molar refractivity (Wildman–Crippen MR) is 102 cm³/mol. The molecule has 154 valence electrons. The van der Waals surface area contributed by atoms with Gasteiger partial charge in [-0.25, -0.2) is 4.39 Å². The minimum atomic E-state index is -4.80. The molecule has 1 aliphatic carbocycles. The Hall–Kier alpha value is -2.32. The van der Waals surface area contributed by atoms with E-state index in [0.717, 1.165) is 18.2 Å². The number of rotatable bonds is 4. The molecule has 0 saturated heterocycles. The molecule has 0 aromatic heterocycles. The summed E-state index contributed by atoms with van der Waals surface area (Å²) in [5.41, 5.74) is -2.92. The zero-order valence-electron chi connectivity index (χ0n) is 14.8. The third kappa shape index (κ3) is 4.33. The van der Waals surface area contributed by atoms with E-state index in [1.807, 2.05) is 0 Å². The van der Waals surface area contributed by atoms with Gasteiger partial charge in [0, 0.05) is 11.3 Å². The summed E-state index contributed by atoms with van der Waals surface area (Å²) >= 11 is 11.8. The van der Waals surface area contributed by atoms with E-state index in [9.17, 15) is 27.2 Å². The molecule has 0 heterocycles. The van der Waals surface area contributed by atoms with Gasteiger partial charge in [0.25, 0.3) is 5.91 Å². The summed E-state index contributed by atoms with van der Waals surface area (Å²) in [5.74, 6) is -2.01. The fourth-order valence-electron chi connectivity index (χ4n) is 2.68. The topological polar surface area (TPSA) is 58.2 Å². The van der Waals surface area contributed by atoms with Gasteiger partial charge in [-0.2, -0.15) is 13.2 Å². The Balaban J connectivity index is 1.84. The first kappa shape index (κ1) is 21.4. The standard InChI is InChI=1S/C19H14Cl2F4N2O2/c1-17(9-18(17,20)21)16(29)27-14-7-6-12(8-13(14)19(23,24)25)26-15(28)10-2-4-11(22)5-3-10/h2-8H,9H2,1H3,(H,26,28)(H,27,29). The summed E-state index contributed by atoms with van der Waals surface area (Å²) in [5, 5.41) is 4.52. The molecule has 0 aliphatic heterocycles. The molecule has 1 aliphatic rings. The van der Waals surface area contributed by atoms with Crippen LogP contribution in [0.15, 0.2) is 42.5 Å². The number of carbonyl (C=O) groups is 2. The number of halogens is 6. The van der Waals surface area contributed by atoms with Gasteiger partial charge in [-0.3, -0.25) is 9.59 Å². The number of amides is 2. The maximum atomic E-state index is 13.5. The molecule has 1 unspecified atom stereocenters. The molecule has 10 heteroatoms. The smallest absolute Gasteiger partial charge is 0.325 e. The van der Waals surface area contributed by atoms with Crippen LogP contribution in [-0.2, 0) is 11.0 Å². The van der Waals surface area contributed by atoms with Gasteiger partial charge in [0.15, 0.2) is 0 Å². The summed E-state index contributed by atoms with van der Waals surface area (Å²) < 4.78 is 52.1. The summed E-state index contributed by atoms with van der Waals surface area (Å²) in [6.45, 7) is 1.45. The maximum Gasteiger partial charge on any atom is 0.418 e. The molecule has 1 atom stereocenters. The highest BCUT2D eigenvalue weighted by Crippen LogP contribution is 2.64. The van der Waals surface area contributed by atoms with Crippen molar-refractivity contribution < 1.29 is 27.2 Å². The van der Waals surface area contributed by atoms with Crippen molar-refractivity contribution >= 4 is 46.4 Å². The molecular weight excluding hydrogens is 435 g/mol. The second kappa shape index (κ2) is 7.18. The van der Waals surface area contributed by atoms with E-state index >= 15 is 0 Å². The van der Waals surface area contributed by atoms with Crippen molar-refractivity contribution in [2.24, 2.45) is 5.41 Å². The highest BCUT2D eigenvalue weighted by atomic mass is 35.5. The quantitative estimate of drug-likeness (QED) is 0.471. The largest absolute Gasteiger partial charge is 0.418 e. The van der Waals surface area contributed by atoms with Crippen molar-refractivity contribution in [3.8, 4) is 0 Å². The minimum Gasteiger partial charge on any atom is -0.325 e. The van der Waals surface area contributed by atoms with Gasteiger partial charge < -0.3 is 10.6 Å². The van der Waals surface area contributed by atoms with Gasteiger partial charge in [-0.1, -0.05) is 0 Å². The van der Waals surface area contributed by atoms with Crippen LogP contribution in [-0.4, -0.2) is 16.1 Å². The lowest BCUT2D eigenvalue weighted by atomic mass is 10.1. The first-order valence-electron chi connectivity index (χ1n) is 8.31. The van der Waals surface area contributed by atoms with E-state index < -0.39 is 44.8 Å². The number of anilines is 2. The summed E-state index contributed by atoms with van der Waals surface area (Å²) in [6.07, 6.45) is -4.69. The third-order valence-electron chi connectivity index (χ3n) is 4.70. The van der Waals surface area contributed by atoms with Crippen molar-refractivity contribution in [1.82, 2.24) is 0 Å². The highest BCUT2D eigenvalue weighted by molar-refractivity contribution is 6.53. The molecule has 2 aromatic carbocycles. The lowest BCUT2D eigenvalue weighted by Crippen LogP contribution is -2.27. The molecule has 3 rings (SSSR count). The van der Waals surface area contributed by atoms with Gasteiger partial charge in [0.05, 0.1) is 16.7 Å². The molecule has 0 radical (unpaired) electrons. The van der Waals surface area contributed by atoms with Crippen LogP contribution in [0, 0.1) is 11.2 Å². The molecule has 0 bridgehead atoms. The lowest BCUT2D eigenvalue weighted by Gasteiger charge is -2.18. The van der Waals surface area contributed by atoms with Crippen molar-refractivity contribution in [3.63, 3.8) is 0 Å². The van der Waals surface area contributed by atoms with Crippen molar-refractivity contribution in [3.05, 3.63) is 59.4 Å². The number of hydrogen-bond acceptors (Lipinski definition) is 2. The number of benzene rings is 2. The molecule has 2 aromatic rings. The Morgan fingerprint density at radius 1 is 1.03 bits per heavy atom. The zero-order chi connectivity index (χ0) is 21.6. The first-order chi connectivity index (χ1) is 13.3. The van der Waals surface area contributed by atoms with Gasteiger partial charge in [-0.15, -0.1) is 23.2 Å². The maximum absolute atomic E-state index is 13.5. The highest BCUT2D eigenvalue weighted by Gasteiger charge is 2.68. The Labute approximate surface area is 173 Å². The van der Waals surface area contributed by atoms with Crippen LogP contribution in [0.3, 0.4) is 0 Å². The molecular formula is C19H14Cl2F4N2O2. The second-order valence-electron chi connectivity index (χ2n) is 6.89. The van der Waals surface area contributed by atoms with Crippen LogP contribution in [0.25, 0.3) is 0 Å². The van der Waals surface area contributed by atoms with Crippen LogP contribution in [0.1, 0.15) is 29.3 Å². The van der Waals surface area contributed by atoms with Crippen molar-refractivity contribution in [2.75, 3.05) is 10.6 Å². The fraction of sp³-hybridized carbons (Fsp3) is 0.263. The average Bonchev–Trinajstić information content (AvgIpc) is 3.15. The molecule has 1 fully saturated rings. The summed E-state index contributed by atoms with van der Waals surface area (Å²) in [7, 11) is 0. The van der Waals surface area contributed by atoms with Crippen LogP contribution in [0.5, 0.6) is 0 Å². The van der Waals surface area contributed by atoms with Crippen LogP contribution in [0.2, 0.25) is 0 Å². The van der Waals surface area contributed by atoms with Gasteiger partial charge in [-0.05, 0) is 55.8 Å². The molecule has 2 amide bonds. The lowest BCUT2D eigenvalue weighted by molar-refractivity contribution is -0.137. The number of alkyl halides is 5. The second-order valence-corrected chi connectivity index (χ2v) is 8.37. The van der Waals surface area contributed by atoms with E-state index in [1.165, 1.54) is 25.1 Å².